The van der Waals surface area contributed by atoms with E-state index in [0.29, 0.717) is 10.7 Å². The largest absolute Gasteiger partial charge is 0.422 e. The van der Waals surface area contributed by atoms with Crippen LogP contribution in [0.15, 0.2) is 27.7 Å². The Morgan fingerprint density at radius 2 is 1.95 bits per heavy atom. The van der Waals surface area contributed by atoms with E-state index in [4.69, 9.17) is 4.74 Å². The maximum absolute atomic E-state index is 13.9. The van der Waals surface area contributed by atoms with Gasteiger partial charge in [0.2, 0.25) is 0 Å². The van der Waals surface area contributed by atoms with Crippen LogP contribution in [0.1, 0.15) is 19.4 Å². The molecule has 0 saturated heterocycles. The van der Waals surface area contributed by atoms with E-state index in [-0.39, 0.29) is 12.2 Å². The molecular weight excluding hydrogens is 342 g/mol. The minimum Gasteiger partial charge on any atom is -0.357 e. The molecule has 1 heterocycles. The molecule has 2 nitrogen and oxygen atoms in total. The quantitative estimate of drug-likeness (QED) is 0.692. The Hall–Kier alpha value is -0.950. The molecule has 0 radical (unpaired) electrons. The molecule has 0 saturated carbocycles. The van der Waals surface area contributed by atoms with Crippen molar-refractivity contribution in [1.82, 2.24) is 0 Å². The number of alkyl halides is 3. The molecule has 1 aliphatic rings. The number of benzene rings is 1. The lowest BCUT2D eigenvalue weighted by Crippen LogP contribution is -2.52. The fourth-order valence-corrected chi connectivity index (χ4v) is 2.20. The SMILES string of the molecule is C[C@]1(C(F)(F)F)C=N[C@](C)(c2cc(Br)ccc2F)CO1. The molecule has 0 N–H and O–H groups in total. The van der Waals surface area contributed by atoms with E-state index in [1.807, 2.05) is 0 Å². The molecule has 0 fully saturated rings. The van der Waals surface area contributed by atoms with Crippen molar-refractivity contribution < 1.29 is 22.3 Å². The Balaban J connectivity index is 2.40. The van der Waals surface area contributed by atoms with Crippen molar-refractivity contribution in [3.63, 3.8) is 0 Å². The number of aliphatic imine (C=N–C) groups is 1. The second kappa shape index (κ2) is 4.80. The fourth-order valence-electron chi connectivity index (χ4n) is 1.84. The molecule has 0 aromatic heterocycles. The molecule has 110 valence electrons. The highest BCUT2D eigenvalue weighted by Crippen LogP contribution is 2.40. The standard InChI is InChI=1S/C13H12BrF4NO/c1-11(9-5-8(14)3-4-10(9)15)7-20-12(2,6-19-11)13(16,17)18/h3-6H,7H2,1-2H3/t11-,12+/m0/s1. The van der Waals surface area contributed by atoms with Gasteiger partial charge in [0.25, 0.3) is 0 Å². The second-order valence-corrected chi connectivity index (χ2v) is 5.97. The Morgan fingerprint density at radius 3 is 2.45 bits per heavy atom. The molecule has 7 heteroatoms. The third-order valence-corrected chi connectivity index (χ3v) is 3.81. The van der Waals surface area contributed by atoms with E-state index in [2.05, 4.69) is 20.9 Å². The van der Waals surface area contributed by atoms with Crippen LogP contribution in [0.4, 0.5) is 17.6 Å². The summed E-state index contributed by atoms with van der Waals surface area (Å²) in [6.45, 7) is 2.07. The average Bonchev–Trinajstić information content (AvgIpc) is 2.35. The molecule has 0 bridgehead atoms. The first-order valence-corrected chi connectivity index (χ1v) is 6.59. The smallest absolute Gasteiger partial charge is 0.357 e. The van der Waals surface area contributed by atoms with Crippen LogP contribution < -0.4 is 0 Å². The van der Waals surface area contributed by atoms with Gasteiger partial charge in [-0.25, -0.2) is 4.39 Å². The van der Waals surface area contributed by atoms with Gasteiger partial charge in [-0.2, -0.15) is 13.2 Å². The fraction of sp³-hybridized carbons (Fsp3) is 0.462. The summed E-state index contributed by atoms with van der Waals surface area (Å²) in [5.41, 5.74) is -3.43. The van der Waals surface area contributed by atoms with Crippen LogP contribution in [0, 0.1) is 5.82 Å². The minimum atomic E-state index is -4.56. The Labute approximate surface area is 122 Å². The van der Waals surface area contributed by atoms with Crippen molar-refractivity contribution in [3.8, 4) is 0 Å². The van der Waals surface area contributed by atoms with Gasteiger partial charge in [0, 0.05) is 16.3 Å². The first-order chi connectivity index (χ1) is 9.07. The molecule has 1 aromatic carbocycles. The van der Waals surface area contributed by atoms with Crippen LogP contribution in [0.5, 0.6) is 0 Å². The zero-order chi connectivity index (χ0) is 15.2. The number of hydrogen-bond donors (Lipinski definition) is 0. The lowest BCUT2D eigenvalue weighted by molar-refractivity contribution is -0.246. The highest BCUT2D eigenvalue weighted by Gasteiger charge is 2.54. The first kappa shape index (κ1) is 15.4. The van der Waals surface area contributed by atoms with Crippen molar-refractivity contribution in [2.75, 3.05) is 6.61 Å². The number of nitrogens with zero attached hydrogens (tertiary/aromatic N) is 1. The van der Waals surface area contributed by atoms with E-state index in [0.717, 1.165) is 6.92 Å². The zero-order valence-corrected chi connectivity index (χ0v) is 12.3. The molecule has 0 unspecified atom stereocenters. The average molecular weight is 354 g/mol. The third-order valence-electron chi connectivity index (χ3n) is 3.32. The van der Waals surface area contributed by atoms with Crippen molar-refractivity contribution in [2.45, 2.75) is 31.2 Å². The predicted octanol–water partition coefficient (Wildman–Crippen LogP) is 4.23. The summed E-state index contributed by atoms with van der Waals surface area (Å²) in [5.74, 6) is -0.535. The zero-order valence-electron chi connectivity index (χ0n) is 10.8. The molecule has 0 aliphatic carbocycles. The third kappa shape index (κ3) is 2.61. The molecule has 2 rings (SSSR count). The summed E-state index contributed by atoms with van der Waals surface area (Å²) in [4.78, 5) is 3.92. The Morgan fingerprint density at radius 1 is 1.30 bits per heavy atom. The van der Waals surface area contributed by atoms with Crippen LogP contribution in [0.2, 0.25) is 0 Å². The summed E-state index contributed by atoms with van der Waals surface area (Å²) < 4.78 is 57.9. The highest BCUT2D eigenvalue weighted by atomic mass is 79.9. The summed E-state index contributed by atoms with van der Waals surface area (Å²) in [6.07, 6.45) is -3.86. The van der Waals surface area contributed by atoms with Crippen LogP contribution in [0.3, 0.4) is 0 Å². The molecule has 20 heavy (non-hydrogen) atoms. The molecule has 0 amide bonds. The van der Waals surface area contributed by atoms with Gasteiger partial charge in [-0.15, -0.1) is 0 Å². The number of ether oxygens (including phenoxy) is 1. The van der Waals surface area contributed by atoms with Crippen molar-refractivity contribution in [1.29, 1.82) is 0 Å². The topological polar surface area (TPSA) is 21.6 Å². The first-order valence-electron chi connectivity index (χ1n) is 5.80. The Bertz CT molecular complexity index is 560. The molecule has 1 aliphatic heterocycles. The lowest BCUT2D eigenvalue weighted by atomic mass is 9.90. The number of rotatable bonds is 1. The van der Waals surface area contributed by atoms with Gasteiger partial charge < -0.3 is 4.74 Å². The van der Waals surface area contributed by atoms with Gasteiger partial charge in [-0.05, 0) is 32.0 Å². The van der Waals surface area contributed by atoms with E-state index < -0.39 is 23.1 Å². The summed E-state index contributed by atoms with van der Waals surface area (Å²) >= 11 is 3.20. The van der Waals surface area contributed by atoms with Crippen LogP contribution in [-0.4, -0.2) is 24.6 Å². The van der Waals surface area contributed by atoms with E-state index >= 15 is 0 Å². The van der Waals surface area contributed by atoms with Gasteiger partial charge in [0.05, 0.1) is 6.61 Å². The monoisotopic (exact) mass is 353 g/mol. The lowest BCUT2D eigenvalue weighted by Gasteiger charge is -2.38. The molecule has 0 spiro atoms. The minimum absolute atomic E-state index is 0.187. The van der Waals surface area contributed by atoms with Gasteiger partial charge in [-0.1, -0.05) is 15.9 Å². The predicted molar refractivity (Wildman–Crippen MR) is 70.4 cm³/mol. The van der Waals surface area contributed by atoms with Gasteiger partial charge in [-0.3, -0.25) is 4.99 Å². The molecular formula is C13H12BrF4NO. The summed E-state index contributed by atoms with van der Waals surface area (Å²) in [7, 11) is 0. The summed E-state index contributed by atoms with van der Waals surface area (Å²) in [5, 5.41) is 0. The molecule has 1 aromatic rings. The second-order valence-electron chi connectivity index (χ2n) is 5.05. The highest BCUT2D eigenvalue weighted by molar-refractivity contribution is 9.10. The number of halogens is 5. The maximum Gasteiger partial charge on any atom is 0.422 e. The van der Waals surface area contributed by atoms with E-state index in [1.54, 1.807) is 0 Å². The maximum atomic E-state index is 13.9. The van der Waals surface area contributed by atoms with E-state index in [9.17, 15) is 17.6 Å². The van der Waals surface area contributed by atoms with Crippen molar-refractivity contribution >= 4 is 22.1 Å². The van der Waals surface area contributed by atoms with Crippen molar-refractivity contribution in [2.24, 2.45) is 4.99 Å². The van der Waals surface area contributed by atoms with Crippen LogP contribution >= 0.6 is 15.9 Å². The summed E-state index contributed by atoms with van der Waals surface area (Å²) in [6, 6.07) is 4.24. The molecule has 2 atom stereocenters. The van der Waals surface area contributed by atoms with Gasteiger partial charge in [0.1, 0.15) is 11.4 Å². The van der Waals surface area contributed by atoms with E-state index in [1.165, 1.54) is 25.1 Å². The van der Waals surface area contributed by atoms with Crippen molar-refractivity contribution in [3.05, 3.63) is 34.1 Å². The van der Waals surface area contributed by atoms with Crippen LogP contribution in [-0.2, 0) is 10.3 Å². The normalized spacial score (nSPS) is 30.6. The van der Waals surface area contributed by atoms with Gasteiger partial charge in [0.15, 0.2) is 5.60 Å². The van der Waals surface area contributed by atoms with Crippen LogP contribution in [0.25, 0.3) is 0 Å². The Kier molecular flexibility index (Phi) is 3.71. The van der Waals surface area contributed by atoms with Gasteiger partial charge >= 0.3 is 6.18 Å². The number of hydrogen-bond acceptors (Lipinski definition) is 2.